The summed E-state index contributed by atoms with van der Waals surface area (Å²) in [4.78, 5) is 13.9. The third kappa shape index (κ3) is 2.47. The van der Waals surface area contributed by atoms with Gasteiger partial charge in [-0.15, -0.1) is 5.10 Å². The number of hydrogen-bond acceptors (Lipinski definition) is 5. The van der Waals surface area contributed by atoms with Gasteiger partial charge in [0, 0.05) is 19.6 Å². The van der Waals surface area contributed by atoms with Gasteiger partial charge in [0.25, 0.3) is 0 Å². The van der Waals surface area contributed by atoms with Crippen molar-refractivity contribution in [3.63, 3.8) is 0 Å². The van der Waals surface area contributed by atoms with Gasteiger partial charge < -0.3 is 16.0 Å². The molecule has 7 nitrogen and oxygen atoms in total. The molecular weight excluding hydrogens is 244 g/mol. The van der Waals surface area contributed by atoms with E-state index in [-0.39, 0.29) is 17.4 Å². The minimum Gasteiger partial charge on any atom is -0.382 e. The van der Waals surface area contributed by atoms with E-state index < -0.39 is 0 Å². The van der Waals surface area contributed by atoms with Crippen LogP contribution in [0.1, 0.15) is 31.7 Å². The molecule has 0 bridgehead atoms. The second-order valence-corrected chi connectivity index (χ2v) is 4.53. The van der Waals surface area contributed by atoms with Gasteiger partial charge in [0.1, 0.15) is 11.6 Å². The molecule has 1 saturated heterocycles. The molecule has 0 unspecified atom stereocenters. The molecule has 7 heteroatoms. The normalized spacial score (nSPS) is 14.4. The Balaban J connectivity index is 2.30. The molecule has 1 aromatic heterocycles. The molecule has 102 valence electrons. The lowest BCUT2D eigenvalue weighted by Gasteiger charge is -2.13. The molecule has 0 atom stereocenters. The molecule has 2 rings (SSSR count). The van der Waals surface area contributed by atoms with Crippen LogP contribution in [0.2, 0.25) is 0 Å². The Bertz CT molecular complexity index is 509. The van der Waals surface area contributed by atoms with Crippen LogP contribution in [0.5, 0.6) is 0 Å². The summed E-state index contributed by atoms with van der Waals surface area (Å²) in [5.74, 6) is 0.627. The lowest BCUT2D eigenvalue weighted by atomic mass is 10.3. The zero-order chi connectivity index (χ0) is 13.8. The monoisotopic (exact) mass is 262 g/mol. The number of anilines is 2. The van der Waals surface area contributed by atoms with E-state index in [0.717, 1.165) is 37.0 Å². The quantitative estimate of drug-likeness (QED) is 0.843. The molecule has 0 radical (unpaired) electrons. The highest BCUT2D eigenvalue weighted by Gasteiger charge is 2.25. The van der Waals surface area contributed by atoms with Crippen LogP contribution in [-0.2, 0) is 0 Å². The number of carbonyl (C=O) groups excluding carboxylic acids is 1. The minimum atomic E-state index is -0.388. The first-order valence-corrected chi connectivity index (χ1v) is 6.50. The van der Waals surface area contributed by atoms with Gasteiger partial charge in [-0.05, 0) is 19.3 Å². The summed E-state index contributed by atoms with van der Waals surface area (Å²) in [5.41, 5.74) is 6.13. The maximum Gasteiger partial charge on any atom is 0.344 e. The smallest absolute Gasteiger partial charge is 0.344 e. The molecule has 3 N–H and O–H groups in total. The maximum absolute atomic E-state index is 11.9. The summed E-state index contributed by atoms with van der Waals surface area (Å²) in [7, 11) is 0. The van der Waals surface area contributed by atoms with Gasteiger partial charge in [-0.3, -0.25) is 0 Å². The molecule has 0 aromatic carbocycles. The highest BCUT2D eigenvalue weighted by atomic mass is 16.2. The van der Waals surface area contributed by atoms with E-state index in [1.807, 2.05) is 17.9 Å². The predicted octanol–water partition coefficient (Wildman–Crippen LogP) is 0.905. The Hall–Kier alpha value is -2.23. The lowest BCUT2D eigenvalue weighted by molar-refractivity contribution is 0.240. The van der Waals surface area contributed by atoms with Gasteiger partial charge in [-0.25, -0.2) is 4.79 Å². The van der Waals surface area contributed by atoms with Crippen LogP contribution in [0.3, 0.4) is 0 Å². The van der Waals surface area contributed by atoms with Gasteiger partial charge in [-0.1, -0.05) is 6.92 Å². The standard InChI is InChI=1S/C12H18N6O/c1-2-5-15-12(19)18-10(14)9(8-13)11(16-18)17-6-3-4-7-17/h2-7,14H2,1H3,(H,15,19). The topological polar surface area (TPSA) is 100.0 Å². The van der Waals surface area contributed by atoms with E-state index in [1.165, 1.54) is 0 Å². The minimum absolute atomic E-state index is 0.109. The zero-order valence-electron chi connectivity index (χ0n) is 11.0. The summed E-state index contributed by atoms with van der Waals surface area (Å²) in [5, 5.41) is 16.1. The Kier molecular flexibility index (Phi) is 3.90. The second kappa shape index (κ2) is 5.61. The van der Waals surface area contributed by atoms with Crippen LogP contribution >= 0.6 is 0 Å². The molecule has 0 saturated carbocycles. The summed E-state index contributed by atoms with van der Waals surface area (Å²) in [6.45, 7) is 4.21. The van der Waals surface area contributed by atoms with Crippen LogP contribution < -0.4 is 16.0 Å². The van der Waals surface area contributed by atoms with Crippen LogP contribution in [0.25, 0.3) is 0 Å². The molecule has 1 aliphatic rings. The summed E-state index contributed by atoms with van der Waals surface area (Å²) < 4.78 is 1.09. The Morgan fingerprint density at radius 1 is 1.53 bits per heavy atom. The van der Waals surface area contributed by atoms with Crippen molar-refractivity contribution in [2.45, 2.75) is 26.2 Å². The van der Waals surface area contributed by atoms with Crippen molar-refractivity contribution in [1.82, 2.24) is 15.1 Å². The fourth-order valence-electron chi connectivity index (χ4n) is 2.14. The number of aromatic nitrogens is 2. The van der Waals surface area contributed by atoms with Crippen LogP contribution in [-0.4, -0.2) is 35.4 Å². The highest BCUT2D eigenvalue weighted by Crippen LogP contribution is 2.26. The summed E-state index contributed by atoms with van der Waals surface area (Å²) in [6, 6.07) is 1.65. The van der Waals surface area contributed by atoms with Crippen molar-refractivity contribution in [3.8, 4) is 6.07 Å². The van der Waals surface area contributed by atoms with Crippen LogP contribution in [0.4, 0.5) is 16.4 Å². The largest absolute Gasteiger partial charge is 0.382 e. The average Bonchev–Trinajstić information content (AvgIpc) is 3.03. The fraction of sp³-hybridized carbons (Fsp3) is 0.583. The van der Waals surface area contributed by atoms with Gasteiger partial charge in [0.05, 0.1) is 0 Å². The Morgan fingerprint density at radius 2 is 2.21 bits per heavy atom. The Labute approximate surface area is 112 Å². The number of rotatable bonds is 3. The summed E-state index contributed by atoms with van der Waals surface area (Å²) in [6.07, 6.45) is 2.97. The number of nitrogen functional groups attached to an aromatic ring is 1. The van der Waals surface area contributed by atoms with E-state index in [4.69, 9.17) is 5.73 Å². The van der Waals surface area contributed by atoms with E-state index in [9.17, 15) is 10.1 Å². The number of nitriles is 1. The molecule has 1 aliphatic heterocycles. The third-order valence-corrected chi connectivity index (χ3v) is 3.14. The predicted molar refractivity (Wildman–Crippen MR) is 71.9 cm³/mol. The zero-order valence-corrected chi connectivity index (χ0v) is 11.0. The second-order valence-electron chi connectivity index (χ2n) is 4.53. The van der Waals surface area contributed by atoms with Crippen LogP contribution in [0.15, 0.2) is 0 Å². The molecule has 1 amide bonds. The first-order chi connectivity index (χ1) is 9.19. The van der Waals surface area contributed by atoms with Crippen molar-refractivity contribution in [1.29, 1.82) is 5.26 Å². The third-order valence-electron chi connectivity index (χ3n) is 3.14. The molecule has 2 heterocycles. The van der Waals surface area contributed by atoms with Gasteiger partial charge in [0.15, 0.2) is 11.6 Å². The first kappa shape index (κ1) is 13.2. The molecular formula is C12H18N6O. The molecule has 19 heavy (non-hydrogen) atoms. The van der Waals surface area contributed by atoms with Crippen molar-refractivity contribution in [2.24, 2.45) is 0 Å². The summed E-state index contributed by atoms with van der Waals surface area (Å²) >= 11 is 0. The lowest BCUT2D eigenvalue weighted by Crippen LogP contribution is -2.31. The molecule has 1 fully saturated rings. The van der Waals surface area contributed by atoms with Gasteiger partial charge >= 0.3 is 6.03 Å². The van der Waals surface area contributed by atoms with E-state index in [2.05, 4.69) is 10.4 Å². The molecule has 0 aliphatic carbocycles. The van der Waals surface area contributed by atoms with Crippen LogP contribution in [0, 0.1) is 11.3 Å². The van der Waals surface area contributed by atoms with Crippen molar-refractivity contribution < 1.29 is 4.79 Å². The first-order valence-electron chi connectivity index (χ1n) is 6.50. The molecule has 0 spiro atoms. The van der Waals surface area contributed by atoms with Gasteiger partial charge in [0.2, 0.25) is 0 Å². The maximum atomic E-state index is 11.9. The average molecular weight is 262 g/mol. The number of nitrogens with zero attached hydrogens (tertiary/aromatic N) is 4. The number of nitrogens with two attached hydrogens (primary N) is 1. The van der Waals surface area contributed by atoms with E-state index in [1.54, 1.807) is 0 Å². The SMILES string of the molecule is CCCNC(=O)n1nc(N2CCCC2)c(C#N)c1N. The number of nitrogens with one attached hydrogen (secondary N) is 1. The van der Waals surface area contributed by atoms with E-state index >= 15 is 0 Å². The van der Waals surface area contributed by atoms with Crippen molar-refractivity contribution >= 4 is 17.7 Å². The van der Waals surface area contributed by atoms with Crippen molar-refractivity contribution in [3.05, 3.63) is 5.56 Å². The Morgan fingerprint density at radius 3 is 2.79 bits per heavy atom. The van der Waals surface area contributed by atoms with Gasteiger partial charge in [-0.2, -0.15) is 9.94 Å². The molecule has 1 aromatic rings. The van der Waals surface area contributed by atoms with Crippen molar-refractivity contribution in [2.75, 3.05) is 30.3 Å². The number of hydrogen-bond donors (Lipinski definition) is 2. The highest BCUT2D eigenvalue weighted by molar-refractivity contribution is 5.82. The van der Waals surface area contributed by atoms with E-state index in [0.29, 0.717) is 12.4 Å². The number of carbonyl (C=O) groups is 1. The fourth-order valence-corrected chi connectivity index (χ4v) is 2.14. The number of amides is 1.